The SMILES string of the molecule is COC(=O)c1ccc(CNCc2ccccc2O)c(Br)c1. The van der Waals surface area contributed by atoms with E-state index in [1.807, 2.05) is 18.2 Å². The van der Waals surface area contributed by atoms with Gasteiger partial charge in [0, 0.05) is 23.1 Å². The molecule has 0 amide bonds. The highest BCUT2D eigenvalue weighted by Crippen LogP contribution is 2.20. The van der Waals surface area contributed by atoms with Gasteiger partial charge in [0.15, 0.2) is 0 Å². The molecule has 2 rings (SSSR count). The van der Waals surface area contributed by atoms with Crippen LogP contribution < -0.4 is 5.32 Å². The fourth-order valence-corrected chi connectivity index (χ4v) is 2.45. The minimum Gasteiger partial charge on any atom is -0.508 e. The van der Waals surface area contributed by atoms with Gasteiger partial charge in [0.05, 0.1) is 12.7 Å². The number of carbonyl (C=O) groups is 1. The van der Waals surface area contributed by atoms with Crippen LogP contribution in [0.5, 0.6) is 5.75 Å². The lowest BCUT2D eigenvalue weighted by Crippen LogP contribution is -2.13. The molecule has 21 heavy (non-hydrogen) atoms. The Morgan fingerprint density at radius 2 is 1.90 bits per heavy atom. The summed E-state index contributed by atoms with van der Waals surface area (Å²) in [6.07, 6.45) is 0. The molecule has 0 atom stereocenters. The minimum absolute atomic E-state index is 0.283. The number of hydrogen-bond acceptors (Lipinski definition) is 4. The van der Waals surface area contributed by atoms with E-state index >= 15 is 0 Å². The van der Waals surface area contributed by atoms with Crippen molar-refractivity contribution >= 4 is 21.9 Å². The Morgan fingerprint density at radius 1 is 1.19 bits per heavy atom. The van der Waals surface area contributed by atoms with Crippen LogP contribution in [0.4, 0.5) is 0 Å². The summed E-state index contributed by atoms with van der Waals surface area (Å²) in [7, 11) is 1.36. The molecule has 2 aromatic rings. The second kappa shape index (κ2) is 7.24. The zero-order valence-electron chi connectivity index (χ0n) is 11.6. The molecule has 0 saturated heterocycles. The number of para-hydroxylation sites is 1. The Kier molecular flexibility index (Phi) is 5.36. The molecular weight excluding hydrogens is 334 g/mol. The number of carbonyl (C=O) groups excluding carboxylic acids is 1. The average molecular weight is 350 g/mol. The van der Waals surface area contributed by atoms with Gasteiger partial charge in [-0.3, -0.25) is 0 Å². The minimum atomic E-state index is -0.357. The average Bonchev–Trinajstić information content (AvgIpc) is 2.50. The van der Waals surface area contributed by atoms with Gasteiger partial charge < -0.3 is 15.2 Å². The maximum absolute atomic E-state index is 11.4. The molecule has 0 radical (unpaired) electrons. The fourth-order valence-electron chi connectivity index (χ4n) is 1.93. The summed E-state index contributed by atoms with van der Waals surface area (Å²) in [6.45, 7) is 1.19. The van der Waals surface area contributed by atoms with Gasteiger partial charge in [-0.1, -0.05) is 40.2 Å². The molecule has 110 valence electrons. The summed E-state index contributed by atoms with van der Waals surface area (Å²) in [4.78, 5) is 11.4. The predicted molar refractivity (Wildman–Crippen MR) is 84.1 cm³/mol. The number of nitrogens with one attached hydrogen (secondary N) is 1. The number of aromatic hydroxyl groups is 1. The van der Waals surface area contributed by atoms with Crippen LogP contribution in [0.25, 0.3) is 0 Å². The highest BCUT2D eigenvalue weighted by atomic mass is 79.9. The van der Waals surface area contributed by atoms with Crippen molar-refractivity contribution < 1.29 is 14.6 Å². The van der Waals surface area contributed by atoms with E-state index in [9.17, 15) is 9.90 Å². The number of benzene rings is 2. The molecule has 5 heteroatoms. The zero-order chi connectivity index (χ0) is 15.2. The number of ether oxygens (including phenoxy) is 1. The van der Waals surface area contributed by atoms with Gasteiger partial charge in [-0.15, -0.1) is 0 Å². The van der Waals surface area contributed by atoms with Crippen LogP contribution in [0.15, 0.2) is 46.9 Å². The van der Waals surface area contributed by atoms with Crippen molar-refractivity contribution in [1.29, 1.82) is 0 Å². The Hall–Kier alpha value is -1.85. The number of halogens is 1. The van der Waals surface area contributed by atoms with E-state index in [0.717, 1.165) is 15.6 Å². The first-order valence-corrected chi connectivity index (χ1v) is 7.25. The van der Waals surface area contributed by atoms with E-state index < -0.39 is 0 Å². The Bertz CT molecular complexity index is 643. The molecule has 0 aliphatic heterocycles. The number of phenolic OH excluding ortho intramolecular Hbond substituents is 1. The topological polar surface area (TPSA) is 58.6 Å². The standard InChI is InChI=1S/C16H16BrNO3/c1-21-16(20)11-6-7-12(14(17)8-11)9-18-10-13-4-2-3-5-15(13)19/h2-8,18-19H,9-10H2,1H3. The molecule has 2 N–H and O–H groups in total. The predicted octanol–water partition coefficient (Wildman–Crippen LogP) is 3.23. The molecule has 2 aromatic carbocycles. The first kappa shape index (κ1) is 15.5. The van der Waals surface area contributed by atoms with Crippen molar-refractivity contribution in [2.45, 2.75) is 13.1 Å². The van der Waals surface area contributed by atoms with Gasteiger partial charge in [0.1, 0.15) is 5.75 Å². The van der Waals surface area contributed by atoms with Gasteiger partial charge in [0.25, 0.3) is 0 Å². The summed E-state index contributed by atoms with van der Waals surface area (Å²) >= 11 is 3.45. The summed E-state index contributed by atoms with van der Waals surface area (Å²) in [6, 6.07) is 12.6. The van der Waals surface area contributed by atoms with Crippen molar-refractivity contribution in [2.75, 3.05) is 7.11 Å². The zero-order valence-corrected chi connectivity index (χ0v) is 13.2. The molecule has 0 aliphatic rings. The molecule has 0 aromatic heterocycles. The van der Waals surface area contributed by atoms with E-state index in [1.165, 1.54) is 7.11 Å². The lowest BCUT2D eigenvalue weighted by molar-refractivity contribution is 0.0600. The van der Waals surface area contributed by atoms with E-state index in [1.54, 1.807) is 24.3 Å². The van der Waals surface area contributed by atoms with Gasteiger partial charge in [-0.2, -0.15) is 0 Å². The van der Waals surface area contributed by atoms with Crippen LogP contribution >= 0.6 is 15.9 Å². The first-order valence-electron chi connectivity index (χ1n) is 6.46. The second-order valence-corrected chi connectivity index (χ2v) is 5.38. The second-order valence-electron chi connectivity index (χ2n) is 4.53. The third-order valence-electron chi connectivity index (χ3n) is 3.10. The largest absolute Gasteiger partial charge is 0.508 e. The molecular formula is C16H16BrNO3. The fraction of sp³-hybridized carbons (Fsp3) is 0.188. The first-order chi connectivity index (χ1) is 10.1. The lowest BCUT2D eigenvalue weighted by atomic mass is 10.1. The number of rotatable bonds is 5. The normalized spacial score (nSPS) is 10.4. The van der Waals surface area contributed by atoms with Gasteiger partial charge >= 0.3 is 5.97 Å². The Balaban J connectivity index is 1.98. The Morgan fingerprint density at radius 3 is 2.57 bits per heavy atom. The smallest absolute Gasteiger partial charge is 0.337 e. The molecule has 0 unspecified atom stereocenters. The van der Waals surface area contributed by atoms with Crippen LogP contribution in [0.3, 0.4) is 0 Å². The maximum Gasteiger partial charge on any atom is 0.337 e. The van der Waals surface area contributed by atoms with Crippen LogP contribution in [-0.4, -0.2) is 18.2 Å². The van der Waals surface area contributed by atoms with Crippen LogP contribution in [-0.2, 0) is 17.8 Å². The van der Waals surface area contributed by atoms with Crippen molar-refractivity contribution in [3.63, 3.8) is 0 Å². The van der Waals surface area contributed by atoms with Gasteiger partial charge in [0.2, 0.25) is 0 Å². The lowest BCUT2D eigenvalue weighted by Gasteiger charge is -2.09. The van der Waals surface area contributed by atoms with Crippen molar-refractivity contribution in [3.05, 3.63) is 63.6 Å². The van der Waals surface area contributed by atoms with Crippen molar-refractivity contribution in [1.82, 2.24) is 5.32 Å². The summed E-state index contributed by atoms with van der Waals surface area (Å²) in [5.41, 5.74) is 2.38. The van der Waals surface area contributed by atoms with E-state index in [2.05, 4.69) is 26.0 Å². The van der Waals surface area contributed by atoms with E-state index in [4.69, 9.17) is 0 Å². The maximum atomic E-state index is 11.4. The van der Waals surface area contributed by atoms with E-state index in [0.29, 0.717) is 18.7 Å². The third-order valence-corrected chi connectivity index (χ3v) is 3.83. The van der Waals surface area contributed by atoms with Gasteiger partial charge in [-0.25, -0.2) is 4.79 Å². The molecule has 4 nitrogen and oxygen atoms in total. The molecule has 0 spiro atoms. The summed E-state index contributed by atoms with van der Waals surface area (Å²) in [5.74, 6) is -0.0745. The van der Waals surface area contributed by atoms with Gasteiger partial charge in [-0.05, 0) is 23.8 Å². The highest BCUT2D eigenvalue weighted by molar-refractivity contribution is 9.10. The summed E-state index contributed by atoms with van der Waals surface area (Å²) in [5, 5.41) is 12.9. The Labute approximate surface area is 131 Å². The molecule has 0 heterocycles. The molecule has 0 saturated carbocycles. The quantitative estimate of drug-likeness (QED) is 0.813. The molecule has 0 aliphatic carbocycles. The van der Waals surface area contributed by atoms with Crippen LogP contribution in [0, 0.1) is 0 Å². The number of hydrogen-bond donors (Lipinski definition) is 2. The number of esters is 1. The highest BCUT2D eigenvalue weighted by Gasteiger charge is 2.08. The monoisotopic (exact) mass is 349 g/mol. The van der Waals surface area contributed by atoms with Crippen molar-refractivity contribution in [3.8, 4) is 5.75 Å². The van der Waals surface area contributed by atoms with Crippen LogP contribution in [0.1, 0.15) is 21.5 Å². The van der Waals surface area contributed by atoms with Crippen molar-refractivity contribution in [2.24, 2.45) is 0 Å². The third kappa shape index (κ3) is 4.06. The number of methoxy groups -OCH3 is 1. The molecule has 0 fully saturated rings. The van der Waals surface area contributed by atoms with E-state index in [-0.39, 0.29) is 11.7 Å². The summed E-state index contributed by atoms with van der Waals surface area (Å²) < 4.78 is 5.52. The van der Waals surface area contributed by atoms with Crippen LogP contribution in [0.2, 0.25) is 0 Å². The molecule has 0 bridgehead atoms. The number of phenols is 1.